The molecule has 2 atom stereocenters. The predicted molar refractivity (Wildman–Crippen MR) is 75.6 cm³/mol. The van der Waals surface area contributed by atoms with Gasteiger partial charge in [0.2, 0.25) is 0 Å². The topological polar surface area (TPSA) is 67.8 Å². The van der Waals surface area contributed by atoms with E-state index in [0.29, 0.717) is 11.3 Å². The highest BCUT2D eigenvalue weighted by molar-refractivity contribution is 5.99. The monoisotopic (exact) mass is 262 g/mol. The van der Waals surface area contributed by atoms with Crippen molar-refractivity contribution < 1.29 is 9.94 Å². The van der Waals surface area contributed by atoms with Gasteiger partial charge in [0, 0.05) is 0 Å². The molecule has 1 saturated carbocycles. The van der Waals surface area contributed by atoms with Crippen LogP contribution in [0.25, 0.3) is 0 Å². The molecule has 104 valence electrons. The molecule has 0 radical (unpaired) electrons. The second-order valence-corrected chi connectivity index (χ2v) is 5.16. The first kappa shape index (κ1) is 13.7. The Morgan fingerprint density at radius 3 is 2.95 bits per heavy atom. The minimum atomic E-state index is 0.0958. The van der Waals surface area contributed by atoms with Crippen molar-refractivity contribution in [2.45, 2.75) is 45.1 Å². The lowest BCUT2D eigenvalue weighted by Gasteiger charge is -2.29. The van der Waals surface area contributed by atoms with Crippen LogP contribution in [0, 0.1) is 5.92 Å². The number of para-hydroxylation sites is 1. The molecule has 0 aromatic heterocycles. The summed E-state index contributed by atoms with van der Waals surface area (Å²) < 4.78 is 6.07. The van der Waals surface area contributed by atoms with Crippen molar-refractivity contribution in [2.75, 3.05) is 0 Å². The van der Waals surface area contributed by atoms with Gasteiger partial charge in [0.15, 0.2) is 5.84 Å². The van der Waals surface area contributed by atoms with Gasteiger partial charge in [-0.05, 0) is 37.3 Å². The molecule has 1 aliphatic rings. The van der Waals surface area contributed by atoms with Crippen molar-refractivity contribution in [3.8, 4) is 5.75 Å². The minimum Gasteiger partial charge on any atom is -0.490 e. The molecule has 3 N–H and O–H groups in total. The second kappa shape index (κ2) is 6.45. The van der Waals surface area contributed by atoms with Crippen molar-refractivity contribution in [3.05, 3.63) is 29.8 Å². The fraction of sp³-hybridized carbons (Fsp3) is 0.533. The van der Waals surface area contributed by atoms with E-state index in [-0.39, 0.29) is 11.9 Å². The molecule has 19 heavy (non-hydrogen) atoms. The van der Waals surface area contributed by atoms with Crippen LogP contribution in [0.2, 0.25) is 0 Å². The molecule has 0 bridgehead atoms. The van der Waals surface area contributed by atoms with E-state index >= 15 is 0 Å². The van der Waals surface area contributed by atoms with Crippen molar-refractivity contribution in [2.24, 2.45) is 16.8 Å². The van der Waals surface area contributed by atoms with E-state index in [0.717, 1.165) is 18.8 Å². The van der Waals surface area contributed by atoms with Crippen LogP contribution in [-0.2, 0) is 0 Å². The third-order valence-electron chi connectivity index (χ3n) is 3.88. The van der Waals surface area contributed by atoms with E-state index in [1.807, 2.05) is 24.3 Å². The summed E-state index contributed by atoms with van der Waals surface area (Å²) in [5, 5.41) is 11.9. The van der Waals surface area contributed by atoms with Crippen LogP contribution >= 0.6 is 0 Å². The summed E-state index contributed by atoms with van der Waals surface area (Å²) in [5.41, 5.74) is 6.33. The first-order valence-electron chi connectivity index (χ1n) is 6.98. The summed E-state index contributed by atoms with van der Waals surface area (Å²) in [4.78, 5) is 0. The number of benzene rings is 1. The lowest BCUT2D eigenvalue weighted by atomic mass is 9.85. The lowest BCUT2D eigenvalue weighted by molar-refractivity contribution is 0.122. The van der Waals surface area contributed by atoms with Gasteiger partial charge in [0.05, 0.1) is 11.7 Å². The van der Waals surface area contributed by atoms with E-state index in [4.69, 9.17) is 15.7 Å². The molecular formula is C15H22N2O2. The van der Waals surface area contributed by atoms with E-state index in [2.05, 4.69) is 12.1 Å². The first-order chi connectivity index (χ1) is 9.24. The molecule has 1 aromatic carbocycles. The summed E-state index contributed by atoms with van der Waals surface area (Å²) in [6.45, 7) is 2.23. The van der Waals surface area contributed by atoms with Crippen LogP contribution in [0.15, 0.2) is 29.4 Å². The van der Waals surface area contributed by atoms with Crippen LogP contribution < -0.4 is 10.5 Å². The van der Waals surface area contributed by atoms with Crippen LogP contribution in [0.5, 0.6) is 5.75 Å². The van der Waals surface area contributed by atoms with E-state index in [1.54, 1.807) is 0 Å². The molecule has 0 amide bonds. The van der Waals surface area contributed by atoms with Gasteiger partial charge in [0.1, 0.15) is 5.75 Å². The number of rotatable bonds is 4. The molecule has 1 fully saturated rings. The predicted octanol–water partition coefficient (Wildman–Crippen LogP) is 3.13. The Bertz CT molecular complexity index is 446. The zero-order valence-electron chi connectivity index (χ0n) is 11.4. The van der Waals surface area contributed by atoms with Crippen molar-refractivity contribution >= 4 is 5.84 Å². The van der Waals surface area contributed by atoms with Gasteiger partial charge in [-0.3, -0.25) is 0 Å². The molecule has 0 saturated heterocycles. The minimum absolute atomic E-state index is 0.0958. The smallest absolute Gasteiger partial charge is 0.173 e. The summed E-state index contributed by atoms with van der Waals surface area (Å²) in [7, 11) is 0. The van der Waals surface area contributed by atoms with E-state index in [1.165, 1.54) is 19.3 Å². The number of nitrogens with two attached hydrogens (primary N) is 1. The standard InChI is InChI=1S/C15H22N2O2/c1-2-11-6-5-7-12(10-11)19-14-9-4-3-8-13(14)15(16)17-18/h3-4,8-9,11-12,18H,2,5-7,10H2,1H3,(H2,16,17). The normalized spacial score (nSPS) is 24.2. The Morgan fingerprint density at radius 1 is 1.42 bits per heavy atom. The van der Waals surface area contributed by atoms with Crippen molar-refractivity contribution in [3.63, 3.8) is 0 Å². The highest BCUT2D eigenvalue weighted by Crippen LogP contribution is 2.30. The average Bonchev–Trinajstić information content (AvgIpc) is 2.47. The molecule has 0 spiro atoms. The third-order valence-corrected chi connectivity index (χ3v) is 3.88. The van der Waals surface area contributed by atoms with Crippen LogP contribution in [-0.4, -0.2) is 17.1 Å². The quantitative estimate of drug-likeness (QED) is 0.379. The van der Waals surface area contributed by atoms with Crippen molar-refractivity contribution in [1.82, 2.24) is 0 Å². The van der Waals surface area contributed by atoms with Crippen LogP contribution in [0.3, 0.4) is 0 Å². The van der Waals surface area contributed by atoms with Gasteiger partial charge in [-0.1, -0.05) is 37.1 Å². The summed E-state index contributed by atoms with van der Waals surface area (Å²) in [5.74, 6) is 1.56. The lowest BCUT2D eigenvalue weighted by Crippen LogP contribution is -2.26. The average molecular weight is 262 g/mol. The number of nitrogens with zero attached hydrogens (tertiary/aromatic N) is 1. The Hall–Kier alpha value is -1.71. The summed E-state index contributed by atoms with van der Waals surface area (Å²) >= 11 is 0. The first-order valence-corrected chi connectivity index (χ1v) is 6.98. The van der Waals surface area contributed by atoms with Crippen LogP contribution in [0.4, 0.5) is 0 Å². The second-order valence-electron chi connectivity index (χ2n) is 5.16. The fourth-order valence-corrected chi connectivity index (χ4v) is 2.73. The molecule has 2 unspecified atom stereocenters. The number of hydrogen-bond acceptors (Lipinski definition) is 3. The number of hydrogen-bond donors (Lipinski definition) is 2. The molecular weight excluding hydrogens is 240 g/mol. The zero-order valence-corrected chi connectivity index (χ0v) is 11.4. The number of ether oxygens (including phenoxy) is 1. The highest BCUT2D eigenvalue weighted by atomic mass is 16.5. The Kier molecular flexibility index (Phi) is 4.66. The fourth-order valence-electron chi connectivity index (χ4n) is 2.73. The Morgan fingerprint density at radius 2 is 2.21 bits per heavy atom. The maximum Gasteiger partial charge on any atom is 0.173 e. The maximum absolute atomic E-state index is 8.81. The van der Waals surface area contributed by atoms with E-state index < -0.39 is 0 Å². The van der Waals surface area contributed by atoms with Gasteiger partial charge in [0.25, 0.3) is 0 Å². The third kappa shape index (κ3) is 3.40. The van der Waals surface area contributed by atoms with E-state index in [9.17, 15) is 0 Å². The van der Waals surface area contributed by atoms with Gasteiger partial charge < -0.3 is 15.7 Å². The SMILES string of the molecule is CCC1CCCC(Oc2ccccc2C(N)=NO)C1. The highest BCUT2D eigenvalue weighted by Gasteiger charge is 2.23. The molecule has 4 nitrogen and oxygen atoms in total. The van der Waals surface area contributed by atoms with Gasteiger partial charge in [-0.15, -0.1) is 0 Å². The van der Waals surface area contributed by atoms with Gasteiger partial charge in [-0.25, -0.2) is 0 Å². The van der Waals surface area contributed by atoms with Gasteiger partial charge >= 0.3 is 0 Å². The van der Waals surface area contributed by atoms with Crippen molar-refractivity contribution in [1.29, 1.82) is 0 Å². The Labute approximate surface area is 114 Å². The molecule has 4 heteroatoms. The Balaban J connectivity index is 2.10. The van der Waals surface area contributed by atoms with Gasteiger partial charge in [-0.2, -0.15) is 0 Å². The summed E-state index contributed by atoms with van der Waals surface area (Å²) in [6.07, 6.45) is 6.16. The number of amidine groups is 1. The molecule has 2 rings (SSSR count). The zero-order chi connectivity index (χ0) is 13.7. The largest absolute Gasteiger partial charge is 0.490 e. The van der Waals surface area contributed by atoms with Crippen LogP contribution in [0.1, 0.15) is 44.6 Å². The summed E-state index contributed by atoms with van der Waals surface area (Å²) in [6, 6.07) is 7.45. The molecule has 1 aliphatic carbocycles. The molecule has 0 heterocycles. The maximum atomic E-state index is 8.81. The number of oxime groups is 1. The molecule has 1 aromatic rings. The molecule has 0 aliphatic heterocycles.